The van der Waals surface area contributed by atoms with Gasteiger partial charge in [-0.25, -0.2) is 0 Å². The van der Waals surface area contributed by atoms with Crippen molar-refractivity contribution in [1.29, 1.82) is 0 Å². The first-order chi connectivity index (χ1) is 10.8. The molecule has 1 aromatic carbocycles. The van der Waals surface area contributed by atoms with Crippen LogP contribution in [0.3, 0.4) is 0 Å². The number of anilines is 1. The highest BCUT2D eigenvalue weighted by Gasteiger charge is 2.24. The van der Waals surface area contributed by atoms with Crippen LogP contribution >= 0.6 is 11.3 Å². The van der Waals surface area contributed by atoms with E-state index in [4.69, 9.17) is 9.15 Å². The molecule has 1 atom stereocenters. The summed E-state index contributed by atoms with van der Waals surface area (Å²) in [6.07, 6.45) is 1.29. The normalized spacial score (nSPS) is 17.9. The van der Waals surface area contributed by atoms with Gasteiger partial charge in [-0.2, -0.15) is 0 Å². The highest BCUT2D eigenvalue weighted by atomic mass is 32.1. The topological polar surface area (TPSA) is 77.3 Å². The number of hydrogen-bond donors (Lipinski definition) is 1. The van der Waals surface area contributed by atoms with Crippen molar-refractivity contribution in [1.82, 2.24) is 10.2 Å². The molecule has 1 saturated heterocycles. The first-order valence-corrected chi connectivity index (χ1v) is 7.86. The number of para-hydroxylation sites is 1. The van der Waals surface area contributed by atoms with Gasteiger partial charge in [0, 0.05) is 12.0 Å². The van der Waals surface area contributed by atoms with Gasteiger partial charge in [0.2, 0.25) is 5.13 Å². The van der Waals surface area contributed by atoms with Crippen LogP contribution in [-0.2, 0) is 9.53 Å². The van der Waals surface area contributed by atoms with Gasteiger partial charge in [-0.1, -0.05) is 29.5 Å². The summed E-state index contributed by atoms with van der Waals surface area (Å²) >= 11 is 1.28. The summed E-state index contributed by atoms with van der Waals surface area (Å²) in [6, 6.07) is 9.67. The van der Waals surface area contributed by atoms with E-state index in [-0.39, 0.29) is 12.0 Å². The maximum absolute atomic E-state index is 12.0. The van der Waals surface area contributed by atoms with E-state index < -0.39 is 0 Å². The number of carbonyl (C=O) groups excluding carboxylic acids is 1. The highest BCUT2D eigenvalue weighted by molar-refractivity contribution is 7.18. The molecular weight excluding hydrogens is 302 g/mol. The molecule has 1 fully saturated rings. The molecule has 0 saturated carbocycles. The molecule has 1 aliphatic rings. The molecule has 6 nitrogen and oxygen atoms in total. The van der Waals surface area contributed by atoms with E-state index in [1.165, 1.54) is 11.3 Å². The Kier molecular flexibility index (Phi) is 3.36. The minimum Gasteiger partial charge on any atom is -0.453 e. The molecule has 4 rings (SSSR count). The van der Waals surface area contributed by atoms with Gasteiger partial charge < -0.3 is 9.15 Å². The number of hydrogen-bond acceptors (Lipinski definition) is 6. The zero-order valence-corrected chi connectivity index (χ0v) is 12.4. The third kappa shape index (κ3) is 2.49. The molecule has 22 heavy (non-hydrogen) atoms. The molecule has 1 amide bonds. The Morgan fingerprint density at radius 3 is 3.05 bits per heavy atom. The second kappa shape index (κ2) is 5.51. The third-order valence-electron chi connectivity index (χ3n) is 3.51. The number of ether oxygens (including phenoxy) is 1. The van der Waals surface area contributed by atoms with Crippen LogP contribution in [0.15, 0.2) is 34.7 Å². The Morgan fingerprint density at radius 2 is 2.23 bits per heavy atom. The molecule has 3 aromatic rings. The average molecular weight is 315 g/mol. The molecule has 1 N–H and O–H groups in total. The largest absolute Gasteiger partial charge is 0.453 e. The van der Waals surface area contributed by atoms with E-state index in [1.54, 1.807) is 0 Å². The molecule has 112 valence electrons. The molecule has 2 aromatic heterocycles. The van der Waals surface area contributed by atoms with Gasteiger partial charge in [-0.05, 0) is 25.0 Å². The maximum atomic E-state index is 12.0. The summed E-state index contributed by atoms with van der Waals surface area (Å²) in [6.45, 7) is 0.637. The number of nitrogens with one attached hydrogen (secondary N) is 1. The minimum atomic E-state index is -0.376. The quantitative estimate of drug-likeness (QED) is 0.803. The van der Waals surface area contributed by atoms with Crippen LogP contribution in [0.5, 0.6) is 0 Å². The van der Waals surface area contributed by atoms with Crippen molar-refractivity contribution in [3.05, 3.63) is 30.3 Å². The van der Waals surface area contributed by atoms with E-state index in [2.05, 4.69) is 15.5 Å². The van der Waals surface area contributed by atoms with Crippen molar-refractivity contribution in [3.8, 4) is 10.8 Å². The van der Waals surface area contributed by atoms with Crippen molar-refractivity contribution < 1.29 is 13.9 Å². The summed E-state index contributed by atoms with van der Waals surface area (Å²) in [5, 5.41) is 12.9. The fraction of sp³-hybridized carbons (Fsp3) is 0.267. The smallest absolute Gasteiger partial charge is 0.255 e. The number of furan rings is 1. The summed E-state index contributed by atoms with van der Waals surface area (Å²) in [5.41, 5.74) is 0.803. The molecule has 1 aliphatic heterocycles. The number of nitrogens with zero attached hydrogens (tertiary/aromatic N) is 2. The number of rotatable bonds is 3. The molecule has 0 unspecified atom stereocenters. The number of amides is 1. The lowest BCUT2D eigenvalue weighted by atomic mass is 10.2. The fourth-order valence-corrected chi connectivity index (χ4v) is 3.13. The summed E-state index contributed by atoms with van der Waals surface area (Å²) in [5.74, 6) is 0.487. The van der Waals surface area contributed by atoms with Crippen LogP contribution in [0, 0.1) is 0 Å². The van der Waals surface area contributed by atoms with Crippen LogP contribution in [0.4, 0.5) is 5.13 Å². The molecule has 0 aliphatic carbocycles. The highest BCUT2D eigenvalue weighted by Crippen LogP contribution is 2.31. The monoisotopic (exact) mass is 315 g/mol. The molecule has 0 spiro atoms. The molecule has 0 radical (unpaired) electrons. The minimum absolute atomic E-state index is 0.162. The molecule has 0 bridgehead atoms. The van der Waals surface area contributed by atoms with Crippen LogP contribution < -0.4 is 5.32 Å². The van der Waals surface area contributed by atoms with Crippen molar-refractivity contribution >= 4 is 33.3 Å². The second-order valence-corrected chi connectivity index (χ2v) is 6.03. The van der Waals surface area contributed by atoms with Crippen LogP contribution in [0.25, 0.3) is 21.7 Å². The second-order valence-electron chi connectivity index (χ2n) is 5.05. The fourth-order valence-electron chi connectivity index (χ4n) is 2.43. The summed E-state index contributed by atoms with van der Waals surface area (Å²) in [7, 11) is 0. The Hall–Kier alpha value is -2.25. The van der Waals surface area contributed by atoms with Crippen LogP contribution in [0.2, 0.25) is 0 Å². The third-order valence-corrected chi connectivity index (χ3v) is 4.37. The number of fused-ring (bicyclic) bond motifs is 1. The molecule has 3 heterocycles. The van der Waals surface area contributed by atoms with Gasteiger partial charge in [0.25, 0.3) is 5.91 Å². The van der Waals surface area contributed by atoms with Gasteiger partial charge in [-0.15, -0.1) is 10.2 Å². The Bertz CT molecular complexity index is 787. The van der Waals surface area contributed by atoms with Crippen molar-refractivity contribution in [2.75, 3.05) is 11.9 Å². The number of carbonyl (C=O) groups is 1. The predicted octanol–water partition coefficient (Wildman–Crippen LogP) is 3.07. The van der Waals surface area contributed by atoms with Crippen molar-refractivity contribution in [2.24, 2.45) is 0 Å². The first-order valence-electron chi connectivity index (χ1n) is 7.04. The maximum Gasteiger partial charge on any atom is 0.255 e. The lowest BCUT2D eigenvalue weighted by Gasteiger charge is -2.06. The molecule has 7 heteroatoms. The Labute approximate surface area is 130 Å². The van der Waals surface area contributed by atoms with Gasteiger partial charge in [0.15, 0.2) is 10.8 Å². The van der Waals surface area contributed by atoms with Gasteiger partial charge in [-0.3, -0.25) is 10.1 Å². The predicted molar refractivity (Wildman–Crippen MR) is 82.7 cm³/mol. The SMILES string of the molecule is O=C(Nc1nnc(-c2cc3ccccc3o2)s1)[C@@H]1CCCO1. The number of aromatic nitrogens is 2. The van der Waals surface area contributed by atoms with Crippen molar-refractivity contribution in [3.63, 3.8) is 0 Å². The number of benzene rings is 1. The van der Waals surface area contributed by atoms with Crippen molar-refractivity contribution in [2.45, 2.75) is 18.9 Å². The van der Waals surface area contributed by atoms with E-state index in [0.717, 1.165) is 23.8 Å². The first kappa shape index (κ1) is 13.4. The summed E-state index contributed by atoms with van der Waals surface area (Å²) in [4.78, 5) is 12.0. The van der Waals surface area contributed by atoms with E-state index in [0.29, 0.717) is 22.5 Å². The van der Waals surface area contributed by atoms with Gasteiger partial charge >= 0.3 is 0 Å². The van der Waals surface area contributed by atoms with E-state index in [1.807, 2.05) is 30.3 Å². The lowest BCUT2D eigenvalue weighted by molar-refractivity contribution is -0.124. The van der Waals surface area contributed by atoms with E-state index >= 15 is 0 Å². The molecular formula is C15H13N3O3S. The van der Waals surface area contributed by atoms with E-state index in [9.17, 15) is 4.79 Å². The van der Waals surface area contributed by atoms with Gasteiger partial charge in [0.1, 0.15) is 11.7 Å². The van der Waals surface area contributed by atoms with Gasteiger partial charge in [0.05, 0.1) is 0 Å². The average Bonchev–Trinajstić information content (AvgIpc) is 3.26. The summed E-state index contributed by atoms with van der Waals surface area (Å²) < 4.78 is 11.1. The Morgan fingerprint density at radius 1 is 1.32 bits per heavy atom. The standard InChI is InChI=1S/C15H13N3O3S/c19-13(11-6-3-7-20-11)16-15-18-17-14(22-15)12-8-9-4-1-2-5-10(9)21-12/h1-2,4-5,8,11H,3,6-7H2,(H,16,18,19)/t11-/m0/s1. The van der Waals surface area contributed by atoms with Crippen LogP contribution in [0.1, 0.15) is 12.8 Å². The Balaban J connectivity index is 1.54. The zero-order chi connectivity index (χ0) is 14.9. The van der Waals surface area contributed by atoms with Crippen LogP contribution in [-0.4, -0.2) is 28.8 Å². The lowest BCUT2D eigenvalue weighted by Crippen LogP contribution is -2.26. The zero-order valence-electron chi connectivity index (χ0n) is 11.6.